The predicted molar refractivity (Wildman–Crippen MR) is 76.4 cm³/mol. The van der Waals surface area contributed by atoms with E-state index in [1.165, 1.54) is 6.33 Å². The van der Waals surface area contributed by atoms with E-state index in [-0.39, 0.29) is 17.7 Å². The number of anilines is 1. The van der Waals surface area contributed by atoms with Crippen molar-refractivity contribution in [1.29, 1.82) is 0 Å². The zero-order valence-electron chi connectivity index (χ0n) is 12.3. The minimum atomic E-state index is -0.368. The number of fused-ring (bicyclic) bond motifs is 1. The summed E-state index contributed by atoms with van der Waals surface area (Å²) in [4.78, 5) is 12.5. The van der Waals surface area contributed by atoms with Crippen LogP contribution in [-0.4, -0.2) is 24.7 Å². The fourth-order valence-electron chi connectivity index (χ4n) is 2.60. The van der Waals surface area contributed by atoms with E-state index in [4.69, 9.17) is 0 Å². The van der Waals surface area contributed by atoms with Gasteiger partial charge in [-0.2, -0.15) is 5.10 Å². The van der Waals surface area contributed by atoms with Crippen molar-refractivity contribution in [1.82, 2.24) is 24.7 Å². The maximum Gasteiger partial charge on any atom is 0.186 e. The van der Waals surface area contributed by atoms with Crippen molar-refractivity contribution in [3.05, 3.63) is 29.5 Å². The first kappa shape index (κ1) is 13.9. The van der Waals surface area contributed by atoms with E-state index < -0.39 is 0 Å². The molecule has 0 fully saturated rings. The largest absolute Gasteiger partial charge is 0.358 e. The Kier molecular flexibility index (Phi) is 3.81. The molecule has 0 aliphatic carbocycles. The van der Waals surface area contributed by atoms with Gasteiger partial charge in [-0.15, -0.1) is 0 Å². The Morgan fingerprint density at radius 3 is 2.95 bits per heavy atom. The first-order valence-corrected chi connectivity index (χ1v) is 7.42. The van der Waals surface area contributed by atoms with Crippen LogP contribution < -0.4 is 5.32 Å². The highest BCUT2D eigenvalue weighted by Crippen LogP contribution is 2.28. The van der Waals surface area contributed by atoms with E-state index >= 15 is 0 Å². The molecule has 1 atom stereocenters. The fraction of sp³-hybridized carbons (Fsp3) is 0.571. The Labute approximate surface area is 122 Å². The summed E-state index contributed by atoms with van der Waals surface area (Å²) in [6.07, 6.45) is 4.63. The molecular weight excluding hydrogens is 271 g/mol. The second kappa shape index (κ2) is 5.75. The van der Waals surface area contributed by atoms with Crippen molar-refractivity contribution < 1.29 is 4.39 Å². The lowest BCUT2D eigenvalue weighted by atomic mass is 10.1. The third kappa shape index (κ3) is 2.59. The molecule has 3 rings (SSSR count). The van der Waals surface area contributed by atoms with Gasteiger partial charge in [0.15, 0.2) is 17.5 Å². The molecule has 0 aromatic carbocycles. The SMILES string of the molecule is CCc1nc2n(n1)CCCC2Nc1ncnc(CC)c1F. The van der Waals surface area contributed by atoms with Crippen molar-refractivity contribution >= 4 is 5.82 Å². The zero-order valence-corrected chi connectivity index (χ0v) is 12.3. The Bertz CT molecular complexity index is 638. The minimum absolute atomic E-state index is 0.0549. The Morgan fingerprint density at radius 2 is 2.19 bits per heavy atom. The standard InChI is InChI=1S/C14H19FN6/c1-3-9-12(15)13(17-8-16-9)18-10-6-5-7-21-14(10)19-11(4-2)20-21/h8,10H,3-7H2,1-2H3,(H,16,17,18). The van der Waals surface area contributed by atoms with Crippen LogP contribution in [0.5, 0.6) is 0 Å². The van der Waals surface area contributed by atoms with Crippen LogP contribution in [0, 0.1) is 5.82 Å². The highest BCUT2D eigenvalue weighted by atomic mass is 19.1. The van der Waals surface area contributed by atoms with Crippen LogP contribution in [0.25, 0.3) is 0 Å². The monoisotopic (exact) mass is 290 g/mol. The number of nitrogens with one attached hydrogen (secondary N) is 1. The second-order valence-corrected chi connectivity index (χ2v) is 5.14. The lowest BCUT2D eigenvalue weighted by Gasteiger charge is -2.23. The highest BCUT2D eigenvalue weighted by Gasteiger charge is 2.25. The molecular formula is C14H19FN6. The molecule has 0 radical (unpaired) electrons. The molecule has 0 saturated carbocycles. The van der Waals surface area contributed by atoms with E-state index in [2.05, 4.69) is 25.4 Å². The van der Waals surface area contributed by atoms with E-state index in [0.717, 1.165) is 37.5 Å². The number of hydrogen-bond donors (Lipinski definition) is 1. The smallest absolute Gasteiger partial charge is 0.186 e. The topological polar surface area (TPSA) is 68.5 Å². The average molecular weight is 290 g/mol. The summed E-state index contributed by atoms with van der Waals surface area (Å²) in [6.45, 7) is 4.77. The van der Waals surface area contributed by atoms with Crippen molar-refractivity contribution in [2.24, 2.45) is 0 Å². The fourth-order valence-corrected chi connectivity index (χ4v) is 2.60. The van der Waals surface area contributed by atoms with Gasteiger partial charge in [0, 0.05) is 13.0 Å². The average Bonchev–Trinajstić information content (AvgIpc) is 2.93. The van der Waals surface area contributed by atoms with Gasteiger partial charge in [-0.3, -0.25) is 0 Å². The first-order chi connectivity index (χ1) is 10.2. The molecule has 1 unspecified atom stereocenters. The predicted octanol–water partition coefficient (Wildman–Crippen LogP) is 2.28. The van der Waals surface area contributed by atoms with Crippen LogP contribution >= 0.6 is 0 Å². The molecule has 1 aliphatic heterocycles. The van der Waals surface area contributed by atoms with Gasteiger partial charge in [0.05, 0.1) is 11.7 Å². The van der Waals surface area contributed by atoms with Gasteiger partial charge < -0.3 is 5.32 Å². The number of rotatable bonds is 4. The molecule has 3 heterocycles. The van der Waals surface area contributed by atoms with Gasteiger partial charge in [0.1, 0.15) is 12.2 Å². The third-order valence-electron chi connectivity index (χ3n) is 3.74. The van der Waals surface area contributed by atoms with Crippen LogP contribution in [0.2, 0.25) is 0 Å². The van der Waals surface area contributed by atoms with Gasteiger partial charge in [-0.05, 0) is 19.3 Å². The third-order valence-corrected chi connectivity index (χ3v) is 3.74. The summed E-state index contributed by atoms with van der Waals surface area (Å²) in [7, 11) is 0. The molecule has 21 heavy (non-hydrogen) atoms. The van der Waals surface area contributed by atoms with E-state index in [0.29, 0.717) is 12.1 Å². The number of halogens is 1. The maximum absolute atomic E-state index is 14.2. The summed E-state index contributed by atoms with van der Waals surface area (Å²) >= 11 is 0. The Morgan fingerprint density at radius 1 is 1.33 bits per heavy atom. The normalized spacial score (nSPS) is 17.6. The number of hydrogen-bond acceptors (Lipinski definition) is 5. The molecule has 1 aliphatic rings. The first-order valence-electron chi connectivity index (χ1n) is 7.42. The maximum atomic E-state index is 14.2. The number of aromatic nitrogens is 5. The van der Waals surface area contributed by atoms with Crippen molar-refractivity contribution in [3.8, 4) is 0 Å². The van der Waals surface area contributed by atoms with Crippen LogP contribution in [0.1, 0.15) is 50.1 Å². The summed E-state index contributed by atoms with van der Waals surface area (Å²) in [6, 6.07) is -0.0549. The van der Waals surface area contributed by atoms with Crippen molar-refractivity contribution in [2.75, 3.05) is 5.32 Å². The number of aryl methyl sites for hydroxylation is 3. The molecule has 0 saturated heterocycles. The van der Waals surface area contributed by atoms with Crippen molar-refractivity contribution in [3.63, 3.8) is 0 Å². The van der Waals surface area contributed by atoms with E-state index in [1.807, 2.05) is 18.5 Å². The molecule has 2 aromatic heterocycles. The quantitative estimate of drug-likeness (QED) is 0.935. The zero-order chi connectivity index (χ0) is 14.8. The highest BCUT2D eigenvalue weighted by molar-refractivity contribution is 5.39. The van der Waals surface area contributed by atoms with Crippen LogP contribution in [0.15, 0.2) is 6.33 Å². The van der Waals surface area contributed by atoms with E-state index in [9.17, 15) is 4.39 Å². The lowest BCUT2D eigenvalue weighted by molar-refractivity contribution is 0.434. The van der Waals surface area contributed by atoms with Gasteiger partial charge >= 0.3 is 0 Å². The minimum Gasteiger partial charge on any atom is -0.358 e. The number of nitrogens with zero attached hydrogens (tertiary/aromatic N) is 5. The van der Waals surface area contributed by atoms with Crippen molar-refractivity contribution in [2.45, 2.75) is 52.1 Å². The second-order valence-electron chi connectivity index (χ2n) is 5.14. The Balaban J connectivity index is 1.88. The molecule has 2 aromatic rings. The molecule has 7 heteroatoms. The van der Waals surface area contributed by atoms with E-state index in [1.54, 1.807) is 0 Å². The summed E-state index contributed by atoms with van der Waals surface area (Å²) in [5.74, 6) is 1.58. The van der Waals surface area contributed by atoms with Crippen LogP contribution in [0.4, 0.5) is 10.2 Å². The van der Waals surface area contributed by atoms with Gasteiger partial charge in [0.25, 0.3) is 0 Å². The van der Waals surface area contributed by atoms with Gasteiger partial charge in [-0.25, -0.2) is 24.0 Å². The summed E-state index contributed by atoms with van der Waals surface area (Å²) in [5, 5.41) is 7.62. The molecule has 6 nitrogen and oxygen atoms in total. The molecule has 0 bridgehead atoms. The van der Waals surface area contributed by atoms with Crippen LogP contribution in [-0.2, 0) is 19.4 Å². The van der Waals surface area contributed by atoms with Gasteiger partial charge in [-0.1, -0.05) is 13.8 Å². The summed E-state index contributed by atoms with van der Waals surface area (Å²) in [5.41, 5.74) is 0.430. The molecule has 1 N–H and O–H groups in total. The molecule has 0 spiro atoms. The van der Waals surface area contributed by atoms with Crippen LogP contribution in [0.3, 0.4) is 0 Å². The lowest BCUT2D eigenvalue weighted by Crippen LogP contribution is -2.23. The Hall–Kier alpha value is -2.05. The van der Waals surface area contributed by atoms with Gasteiger partial charge in [0.2, 0.25) is 0 Å². The molecule has 112 valence electrons. The summed E-state index contributed by atoms with van der Waals surface area (Å²) < 4.78 is 16.2. The molecule has 0 amide bonds.